The van der Waals surface area contributed by atoms with Crippen LogP contribution in [0.5, 0.6) is 5.75 Å². The number of nitrogens with one attached hydrogen (secondary N) is 1. The fraction of sp³-hybridized carbons (Fsp3) is 0.467. The molecule has 0 radical (unpaired) electrons. The van der Waals surface area contributed by atoms with Crippen molar-refractivity contribution in [3.8, 4) is 5.75 Å². The lowest BCUT2D eigenvalue weighted by atomic mass is 10.2. The standard InChI is InChI=1S/C15H17F2NO5/c1-9(22-14(20)12-7-4-8-21-12)13(19)18-10-5-2-3-6-11(10)23-15(16)17/h2-3,5-6,9,12,15H,4,7-8H2,1H3,(H,18,19)/t9-,12-/m0/s1. The molecule has 1 fully saturated rings. The molecule has 1 aliphatic rings. The zero-order valence-electron chi connectivity index (χ0n) is 12.5. The van der Waals surface area contributed by atoms with Crippen molar-refractivity contribution in [1.82, 2.24) is 0 Å². The van der Waals surface area contributed by atoms with E-state index >= 15 is 0 Å². The SMILES string of the molecule is C[C@H](OC(=O)[C@@H]1CCCO1)C(=O)Nc1ccccc1OC(F)F. The molecule has 2 rings (SSSR count). The second-order valence-corrected chi connectivity index (χ2v) is 4.94. The topological polar surface area (TPSA) is 73.9 Å². The molecule has 0 saturated carbocycles. The number of para-hydroxylation sites is 2. The quantitative estimate of drug-likeness (QED) is 0.811. The lowest BCUT2D eigenvalue weighted by Gasteiger charge is -2.17. The van der Waals surface area contributed by atoms with Crippen molar-refractivity contribution in [3.05, 3.63) is 24.3 Å². The highest BCUT2D eigenvalue weighted by molar-refractivity contribution is 5.96. The molecule has 1 amide bonds. The number of halogens is 2. The van der Waals surface area contributed by atoms with Crippen molar-refractivity contribution < 1.29 is 32.6 Å². The maximum absolute atomic E-state index is 12.3. The summed E-state index contributed by atoms with van der Waals surface area (Å²) in [6.07, 6.45) is -0.428. The van der Waals surface area contributed by atoms with Gasteiger partial charge in [0.15, 0.2) is 12.2 Å². The molecule has 126 valence electrons. The Morgan fingerprint density at radius 2 is 2.09 bits per heavy atom. The molecule has 1 aromatic rings. The molecule has 0 bridgehead atoms. The van der Waals surface area contributed by atoms with Gasteiger partial charge in [-0.05, 0) is 31.9 Å². The van der Waals surface area contributed by atoms with Crippen LogP contribution in [0.25, 0.3) is 0 Å². The number of hydrogen-bond donors (Lipinski definition) is 1. The molecule has 2 atom stereocenters. The smallest absolute Gasteiger partial charge is 0.387 e. The Kier molecular flexibility index (Phi) is 5.86. The van der Waals surface area contributed by atoms with Gasteiger partial charge >= 0.3 is 12.6 Å². The van der Waals surface area contributed by atoms with Crippen LogP contribution >= 0.6 is 0 Å². The van der Waals surface area contributed by atoms with E-state index in [1.165, 1.54) is 25.1 Å². The highest BCUT2D eigenvalue weighted by atomic mass is 19.3. The molecule has 0 aliphatic carbocycles. The first-order chi connectivity index (χ1) is 11.0. The molecular weight excluding hydrogens is 312 g/mol. The number of alkyl halides is 2. The van der Waals surface area contributed by atoms with Crippen LogP contribution in [0.1, 0.15) is 19.8 Å². The number of esters is 1. The number of benzene rings is 1. The summed E-state index contributed by atoms with van der Waals surface area (Å²) in [6.45, 7) is -1.14. The number of rotatable bonds is 6. The number of hydrogen-bond acceptors (Lipinski definition) is 5. The molecule has 23 heavy (non-hydrogen) atoms. The van der Waals surface area contributed by atoms with Gasteiger partial charge in [-0.1, -0.05) is 12.1 Å². The van der Waals surface area contributed by atoms with Crippen molar-refractivity contribution >= 4 is 17.6 Å². The van der Waals surface area contributed by atoms with Crippen molar-refractivity contribution in [1.29, 1.82) is 0 Å². The van der Waals surface area contributed by atoms with Crippen LogP contribution in [0.2, 0.25) is 0 Å². The highest BCUT2D eigenvalue weighted by Gasteiger charge is 2.28. The van der Waals surface area contributed by atoms with Gasteiger partial charge in [0.05, 0.1) is 5.69 Å². The lowest BCUT2D eigenvalue weighted by Crippen LogP contribution is -2.34. The Balaban J connectivity index is 1.94. The maximum Gasteiger partial charge on any atom is 0.387 e. The minimum atomic E-state index is -3.01. The minimum absolute atomic E-state index is 0.0674. The van der Waals surface area contributed by atoms with E-state index in [1.54, 1.807) is 6.07 Å². The van der Waals surface area contributed by atoms with Gasteiger partial charge in [0.25, 0.3) is 5.91 Å². The van der Waals surface area contributed by atoms with E-state index in [0.29, 0.717) is 13.0 Å². The van der Waals surface area contributed by atoms with Crippen molar-refractivity contribution in [2.45, 2.75) is 38.6 Å². The van der Waals surface area contributed by atoms with E-state index in [2.05, 4.69) is 10.1 Å². The Bertz CT molecular complexity index is 561. The Hall–Kier alpha value is -2.22. The molecule has 1 N–H and O–H groups in total. The van der Waals surface area contributed by atoms with Crippen LogP contribution in [0.15, 0.2) is 24.3 Å². The number of carbonyl (C=O) groups excluding carboxylic acids is 2. The third-order valence-corrected chi connectivity index (χ3v) is 3.22. The predicted molar refractivity (Wildman–Crippen MR) is 76.2 cm³/mol. The molecule has 8 heteroatoms. The van der Waals surface area contributed by atoms with Gasteiger partial charge in [-0.2, -0.15) is 8.78 Å². The first-order valence-electron chi connectivity index (χ1n) is 7.14. The van der Waals surface area contributed by atoms with Crippen LogP contribution in [-0.2, 0) is 19.1 Å². The summed E-state index contributed by atoms with van der Waals surface area (Å²) >= 11 is 0. The normalized spacial score (nSPS) is 18.5. The summed E-state index contributed by atoms with van der Waals surface area (Å²) in [4.78, 5) is 23.8. The third kappa shape index (κ3) is 4.88. The van der Waals surface area contributed by atoms with Gasteiger partial charge < -0.3 is 19.5 Å². The zero-order valence-corrected chi connectivity index (χ0v) is 12.5. The minimum Gasteiger partial charge on any atom is -0.451 e. The third-order valence-electron chi connectivity index (χ3n) is 3.22. The van der Waals surface area contributed by atoms with Crippen LogP contribution in [0.4, 0.5) is 14.5 Å². The molecule has 1 aliphatic heterocycles. The fourth-order valence-corrected chi connectivity index (χ4v) is 2.07. The van der Waals surface area contributed by atoms with Gasteiger partial charge in [-0.25, -0.2) is 4.79 Å². The average molecular weight is 329 g/mol. The molecule has 6 nitrogen and oxygen atoms in total. The van der Waals surface area contributed by atoms with E-state index in [-0.39, 0.29) is 11.4 Å². The van der Waals surface area contributed by atoms with Gasteiger partial charge in [0.1, 0.15) is 5.75 Å². The van der Waals surface area contributed by atoms with E-state index in [1.807, 2.05) is 0 Å². The van der Waals surface area contributed by atoms with Gasteiger partial charge in [-0.3, -0.25) is 4.79 Å². The molecular formula is C15H17F2NO5. The Labute approximate surface area is 131 Å². The maximum atomic E-state index is 12.3. The molecule has 1 heterocycles. The molecule has 0 unspecified atom stereocenters. The average Bonchev–Trinajstić information content (AvgIpc) is 3.03. The number of carbonyl (C=O) groups is 2. The summed E-state index contributed by atoms with van der Waals surface area (Å²) in [5.74, 6) is -1.43. The first kappa shape index (κ1) is 17.1. The van der Waals surface area contributed by atoms with E-state index < -0.39 is 30.7 Å². The number of amides is 1. The van der Waals surface area contributed by atoms with Crippen molar-refractivity contribution in [2.75, 3.05) is 11.9 Å². The van der Waals surface area contributed by atoms with Crippen LogP contribution < -0.4 is 10.1 Å². The summed E-state index contributed by atoms with van der Waals surface area (Å²) in [5, 5.41) is 2.40. The van der Waals surface area contributed by atoms with Crippen molar-refractivity contribution in [2.24, 2.45) is 0 Å². The van der Waals surface area contributed by atoms with E-state index in [4.69, 9.17) is 9.47 Å². The van der Waals surface area contributed by atoms with Gasteiger partial charge in [0, 0.05) is 6.61 Å². The van der Waals surface area contributed by atoms with Gasteiger partial charge in [0.2, 0.25) is 0 Å². The molecule has 1 saturated heterocycles. The number of anilines is 1. The molecule has 0 spiro atoms. The monoisotopic (exact) mass is 329 g/mol. The summed E-state index contributed by atoms with van der Waals surface area (Å²) in [7, 11) is 0. The highest BCUT2D eigenvalue weighted by Crippen LogP contribution is 2.25. The lowest BCUT2D eigenvalue weighted by molar-refractivity contribution is -0.162. The zero-order chi connectivity index (χ0) is 16.8. The number of ether oxygens (including phenoxy) is 3. The largest absolute Gasteiger partial charge is 0.451 e. The first-order valence-corrected chi connectivity index (χ1v) is 7.14. The molecule has 0 aromatic heterocycles. The summed E-state index contributed by atoms with van der Waals surface area (Å²) < 4.78 is 39.1. The van der Waals surface area contributed by atoms with Crippen LogP contribution in [0, 0.1) is 0 Å². The summed E-state index contributed by atoms with van der Waals surface area (Å²) in [5.41, 5.74) is 0.0674. The second-order valence-electron chi connectivity index (χ2n) is 4.94. The Morgan fingerprint density at radius 1 is 1.35 bits per heavy atom. The van der Waals surface area contributed by atoms with E-state index in [0.717, 1.165) is 6.42 Å². The Morgan fingerprint density at radius 3 is 2.74 bits per heavy atom. The second kappa shape index (κ2) is 7.87. The van der Waals surface area contributed by atoms with Crippen molar-refractivity contribution in [3.63, 3.8) is 0 Å². The van der Waals surface area contributed by atoms with E-state index in [9.17, 15) is 18.4 Å². The summed E-state index contributed by atoms with van der Waals surface area (Å²) in [6, 6.07) is 5.75. The van der Waals surface area contributed by atoms with Gasteiger partial charge in [-0.15, -0.1) is 0 Å². The predicted octanol–water partition coefficient (Wildman–Crippen LogP) is 2.34. The van der Waals surface area contributed by atoms with Crippen LogP contribution in [0.3, 0.4) is 0 Å². The fourth-order valence-electron chi connectivity index (χ4n) is 2.07. The molecule has 1 aromatic carbocycles. The van der Waals surface area contributed by atoms with Crippen LogP contribution in [-0.4, -0.2) is 37.3 Å².